The van der Waals surface area contributed by atoms with Crippen molar-refractivity contribution >= 4 is 32.8 Å². The summed E-state index contributed by atoms with van der Waals surface area (Å²) in [6.07, 6.45) is 0.919. The van der Waals surface area contributed by atoms with Gasteiger partial charge in [0.1, 0.15) is 0 Å². The highest BCUT2D eigenvalue weighted by Gasteiger charge is 2.21. The molecule has 0 aliphatic heterocycles. The molecular formula is C17H23N5O3S2. The highest BCUT2D eigenvalue weighted by atomic mass is 32.2. The van der Waals surface area contributed by atoms with Crippen molar-refractivity contribution in [1.29, 1.82) is 0 Å². The van der Waals surface area contributed by atoms with Gasteiger partial charge in [-0.1, -0.05) is 37.7 Å². The van der Waals surface area contributed by atoms with Gasteiger partial charge in [0.2, 0.25) is 15.9 Å². The van der Waals surface area contributed by atoms with Crippen molar-refractivity contribution in [1.82, 2.24) is 19.7 Å². The number of rotatable bonds is 7. The van der Waals surface area contributed by atoms with Gasteiger partial charge in [-0.3, -0.25) is 0 Å². The van der Waals surface area contributed by atoms with E-state index in [0.717, 1.165) is 23.6 Å². The van der Waals surface area contributed by atoms with E-state index < -0.39 is 10.0 Å². The molecular weight excluding hydrogens is 386 g/mol. The molecule has 1 atom stereocenters. The van der Waals surface area contributed by atoms with Crippen LogP contribution in [0, 0.1) is 0 Å². The number of fused-ring (bicyclic) bond motifs is 1. The first-order chi connectivity index (χ1) is 12.7. The molecule has 27 heavy (non-hydrogen) atoms. The van der Waals surface area contributed by atoms with E-state index in [-0.39, 0.29) is 16.1 Å². The fraction of sp³-hybridized carbons (Fsp3) is 0.471. The SMILES string of the molecule is CCCn1c(SC(C)c2nc(C(C)C)no2)nc2cc(S(N)(=O)=O)ccc21. The average molecular weight is 410 g/mol. The van der Waals surface area contributed by atoms with Crippen LogP contribution in [0.1, 0.15) is 57.0 Å². The maximum absolute atomic E-state index is 11.6. The minimum Gasteiger partial charge on any atom is -0.338 e. The van der Waals surface area contributed by atoms with E-state index >= 15 is 0 Å². The van der Waals surface area contributed by atoms with Gasteiger partial charge in [0.25, 0.3) is 0 Å². The Labute approximate surface area is 162 Å². The Morgan fingerprint density at radius 2 is 2.00 bits per heavy atom. The van der Waals surface area contributed by atoms with E-state index in [9.17, 15) is 8.42 Å². The normalized spacial score (nSPS) is 13.6. The maximum atomic E-state index is 11.6. The van der Waals surface area contributed by atoms with Gasteiger partial charge < -0.3 is 9.09 Å². The standard InChI is InChI=1S/C17H23N5O3S2/c1-5-8-22-14-7-6-12(27(18,23)24)9-13(14)19-17(22)26-11(4)16-20-15(10(2)3)21-25-16/h6-7,9-11H,5,8H2,1-4H3,(H2,18,23,24). The Kier molecular flexibility index (Phi) is 5.59. The van der Waals surface area contributed by atoms with Gasteiger partial charge in [-0.25, -0.2) is 18.5 Å². The minimum absolute atomic E-state index is 0.0548. The average Bonchev–Trinajstić information content (AvgIpc) is 3.20. The van der Waals surface area contributed by atoms with Crippen LogP contribution in [0.3, 0.4) is 0 Å². The van der Waals surface area contributed by atoms with E-state index in [1.54, 1.807) is 6.07 Å². The molecule has 1 unspecified atom stereocenters. The number of imidazole rings is 1. The summed E-state index contributed by atoms with van der Waals surface area (Å²) in [6.45, 7) is 8.84. The first-order valence-electron chi connectivity index (χ1n) is 8.74. The summed E-state index contributed by atoms with van der Waals surface area (Å²) < 4.78 is 30.7. The van der Waals surface area contributed by atoms with Crippen molar-refractivity contribution in [2.45, 2.75) is 61.9 Å². The van der Waals surface area contributed by atoms with Crippen molar-refractivity contribution in [3.63, 3.8) is 0 Å². The summed E-state index contributed by atoms with van der Waals surface area (Å²) in [5.74, 6) is 1.42. The highest BCUT2D eigenvalue weighted by Crippen LogP contribution is 2.36. The lowest BCUT2D eigenvalue weighted by Crippen LogP contribution is -2.11. The number of hydrogen-bond acceptors (Lipinski definition) is 7. The number of aryl methyl sites for hydroxylation is 1. The smallest absolute Gasteiger partial charge is 0.239 e. The molecule has 3 aromatic rings. The van der Waals surface area contributed by atoms with Crippen LogP contribution >= 0.6 is 11.8 Å². The maximum Gasteiger partial charge on any atom is 0.239 e. The summed E-state index contributed by atoms with van der Waals surface area (Å²) >= 11 is 1.50. The van der Waals surface area contributed by atoms with Gasteiger partial charge in [0.05, 0.1) is 21.2 Å². The second kappa shape index (κ2) is 7.61. The zero-order chi connectivity index (χ0) is 19.8. The van der Waals surface area contributed by atoms with Crippen molar-refractivity contribution in [3.8, 4) is 0 Å². The van der Waals surface area contributed by atoms with E-state index in [4.69, 9.17) is 9.66 Å². The van der Waals surface area contributed by atoms with Crippen LogP contribution in [-0.4, -0.2) is 28.1 Å². The van der Waals surface area contributed by atoms with Gasteiger partial charge in [-0.15, -0.1) is 0 Å². The molecule has 0 bridgehead atoms. The molecule has 0 fully saturated rings. The van der Waals surface area contributed by atoms with Gasteiger partial charge >= 0.3 is 0 Å². The highest BCUT2D eigenvalue weighted by molar-refractivity contribution is 7.99. The third-order valence-corrected chi connectivity index (χ3v) is 6.05. The lowest BCUT2D eigenvalue weighted by atomic mass is 10.2. The quantitative estimate of drug-likeness (QED) is 0.594. The lowest BCUT2D eigenvalue weighted by Gasteiger charge is -2.09. The largest absolute Gasteiger partial charge is 0.338 e. The molecule has 8 nitrogen and oxygen atoms in total. The number of benzene rings is 1. The number of aromatic nitrogens is 4. The van der Waals surface area contributed by atoms with Crippen molar-refractivity contribution in [2.24, 2.45) is 5.14 Å². The summed E-state index contributed by atoms with van der Waals surface area (Å²) in [6, 6.07) is 4.77. The molecule has 2 N–H and O–H groups in total. The lowest BCUT2D eigenvalue weighted by molar-refractivity contribution is 0.373. The molecule has 0 radical (unpaired) electrons. The Morgan fingerprint density at radius 1 is 1.26 bits per heavy atom. The third kappa shape index (κ3) is 4.17. The van der Waals surface area contributed by atoms with Crippen molar-refractivity contribution in [3.05, 3.63) is 29.9 Å². The van der Waals surface area contributed by atoms with Crippen LogP contribution in [0.15, 0.2) is 32.8 Å². The third-order valence-electron chi connectivity index (χ3n) is 4.06. The van der Waals surface area contributed by atoms with Crippen LogP contribution in [0.2, 0.25) is 0 Å². The Morgan fingerprint density at radius 3 is 2.59 bits per heavy atom. The van der Waals surface area contributed by atoms with Crippen LogP contribution < -0.4 is 5.14 Å². The van der Waals surface area contributed by atoms with Gasteiger partial charge in [0.15, 0.2) is 11.0 Å². The number of sulfonamides is 1. The molecule has 3 rings (SSSR count). The summed E-state index contributed by atoms with van der Waals surface area (Å²) in [4.78, 5) is 9.13. The molecule has 0 saturated heterocycles. The van der Waals surface area contributed by atoms with E-state index in [0.29, 0.717) is 17.2 Å². The molecule has 0 saturated carbocycles. The van der Waals surface area contributed by atoms with Crippen molar-refractivity contribution in [2.75, 3.05) is 0 Å². The molecule has 2 heterocycles. The van der Waals surface area contributed by atoms with Gasteiger partial charge in [-0.05, 0) is 31.5 Å². The molecule has 0 spiro atoms. The summed E-state index contributed by atoms with van der Waals surface area (Å²) in [5, 5.41) is 9.94. The number of nitrogens with two attached hydrogens (primary N) is 1. The van der Waals surface area contributed by atoms with Gasteiger partial charge in [0, 0.05) is 12.5 Å². The number of thioether (sulfide) groups is 1. The Balaban J connectivity index is 1.97. The van der Waals surface area contributed by atoms with E-state index in [1.807, 2.05) is 20.8 Å². The molecule has 0 aliphatic carbocycles. The fourth-order valence-electron chi connectivity index (χ4n) is 2.65. The first kappa shape index (κ1) is 19.8. The molecule has 0 aliphatic rings. The number of primary sulfonamides is 1. The Bertz CT molecular complexity index is 1060. The van der Waals surface area contributed by atoms with Crippen molar-refractivity contribution < 1.29 is 12.9 Å². The second-order valence-electron chi connectivity index (χ2n) is 6.65. The monoisotopic (exact) mass is 409 g/mol. The first-order valence-corrected chi connectivity index (χ1v) is 11.2. The molecule has 10 heteroatoms. The summed E-state index contributed by atoms with van der Waals surface area (Å²) in [5.41, 5.74) is 1.46. The zero-order valence-corrected chi connectivity index (χ0v) is 17.3. The van der Waals surface area contributed by atoms with Crippen LogP contribution in [0.25, 0.3) is 11.0 Å². The van der Waals surface area contributed by atoms with E-state index in [2.05, 4.69) is 26.6 Å². The minimum atomic E-state index is -3.77. The predicted molar refractivity (Wildman–Crippen MR) is 104 cm³/mol. The predicted octanol–water partition coefficient (Wildman–Crippen LogP) is 3.45. The number of nitrogens with zero attached hydrogens (tertiary/aromatic N) is 4. The molecule has 146 valence electrons. The van der Waals surface area contributed by atoms with Crippen LogP contribution in [0.5, 0.6) is 0 Å². The molecule has 2 aromatic heterocycles. The van der Waals surface area contributed by atoms with Crippen LogP contribution in [-0.2, 0) is 16.6 Å². The van der Waals surface area contributed by atoms with E-state index in [1.165, 1.54) is 23.9 Å². The molecule has 0 amide bonds. The fourth-order valence-corrected chi connectivity index (χ4v) is 4.16. The topological polar surface area (TPSA) is 117 Å². The number of hydrogen-bond donors (Lipinski definition) is 1. The second-order valence-corrected chi connectivity index (χ2v) is 9.52. The Hall–Kier alpha value is -1.91. The van der Waals surface area contributed by atoms with Gasteiger partial charge in [-0.2, -0.15) is 4.98 Å². The summed E-state index contributed by atoms with van der Waals surface area (Å²) in [7, 11) is -3.77. The zero-order valence-electron chi connectivity index (χ0n) is 15.7. The molecule has 1 aromatic carbocycles. The van der Waals surface area contributed by atoms with Crippen LogP contribution in [0.4, 0.5) is 0 Å².